The number of aliphatic hydroxyl groups is 1. The fourth-order valence-corrected chi connectivity index (χ4v) is 3.47. The molecule has 2 aliphatic rings. The topological polar surface area (TPSA) is 59.0 Å². The second-order valence-corrected chi connectivity index (χ2v) is 6.72. The van der Waals surface area contributed by atoms with Crippen LogP contribution in [0.1, 0.15) is 38.3 Å². The average Bonchev–Trinajstić information content (AvgIpc) is 2.86. The average molecular weight is 326 g/mol. The molecule has 0 bridgehead atoms. The lowest BCUT2D eigenvalue weighted by molar-refractivity contribution is -0.139. The number of hydrogen-bond donors (Lipinski definition) is 1. The van der Waals surface area contributed by atoms with E-state index in [-0.39, 0.29) is 5.91 Å². The Bertz CT molecular complexity index is 616. The smallest absolute Gasteiger partial charge is 0.223 e. The molecule has 1 fully saturated rings. The van der Waals surface area contributed by atoms with Crippen LogP contribution < -0.4 is 9.47 Å². The predicted octanol–water partition coefficient (Wildman–Crippen LogP) is 2.54. The Hall–Kier alpha value is -1.46. The summed E-state index contributed by atoms with van der Waals surface area (Å²) in [5.41, 5.74) is -0.0767. The molecule has 0 aliphatic carbocycles. The van der Waals surface area contributed by atoms with Gasteiger partial charge in [0, 0.05) is 24.6 Å². The Balaban J connectivity index is 2.13. The van der Waals surface area contributed by atoms with E-state index in [9.17, 15) is 9.90 Å². The number of amides is 1. The van der Waals surface area contributed by atoms with Crippen LogP contribution in [0, 0.1) is 0 Å². The van der Waals surface area contributed by atoms with Crippen molar-refractivity contribution in [1.82, 2.24) is 4.90 Å². The molecule has 0 saturated carbocycles. The van der Waals surface area contributed by atoms with Gasteiger partial charge in [0.15, 0.2) is 0 Å². The van der Waals surface area contributed by atoms with Crippen molar-refractivity contribution in [3.05, 3.63) is 22.7 Å². The van der Waals surface area contributed by atoms with Crippen LogP contribution in [0.3, 0.4) is 0 Å². The number of benzene rings is 1. The molecule has 0 spiro atoms. The Morgan fingerprint density at radius 1 is 1.45 bits per heavy atom. The first-order valence-corrected chi connectivity index (χ1v) is 7.77. The van der Waals surface area contributed by atoms with E-state index in [0.29, 0.717) is 29.5 Å². The second-order valence-electron chi connectivity index (χ2n) is 6.31. The number of carbonyl (C=O) groups is 1. The zero-order chi connectivity index (χ0) is 16.1. The molecule has 3 rings (SSSR count). The maximum absolute atomic E-state index is 12.2. The van der Waals surface area contributed by atoms with E-state index in [2.05, 4.69) is 0 Å². The van der Waals surface area contributed by atoms with Crippen molar-refractivity contribution in [2.45, 2.75) is 44.4 Å². The van der Waals surface area contributed by atoms with Gasteiger partial charge in [-0.1, -0.05) is 11.6 Å². The first kappa shape index (κ1) is 15.4. The molecule has 2 aliphatic heterocycles. The van der Waals surface area contributed by atoms with E-state index in [0.717, 1.165) is 12.0 Å². The highest BCUT2D eigenvalue weighted by atomic mass is 35.5. The molecule has 120 valence electrons. The summed E-state index contributed by atoms with van der Waals surface area (Å²) in [6.07, 6.45) is 0.498. The minimum Gasteiger partial charge on any atom is -0.495 e. The van der Waals surface area contributed by atoms with Gasteiger partial charge >= 0.3 is 0 Å². The Morgan fingerprint density at radius 3 is 2.77 bits per heavy atom. The third-order valence-corrected chi connectivity index (χ3v) is 4.73. The third kappa shape index (κ3) is 2.32. The van der Waals surface area contributed by atoms with Crippen LogP contribution in [0.25, 0.3) is 0 Å². The van der Waals surface area contributed by atoms with Gasteiger partial charge in [-0.3, -0.25) is 4.79 Å². The van der Waals surface area contributed by atoms with Gasteiger partial charge in [0.05, 0.1) is 18.2 Å². The number of nitrogens with zero attached hydrogens (tertiary/aromatic N) is 1. The molecule has 1 N–H and O–H groups in total. The fraction of sp³-hybridized carbons (Fsp3) is 0.562. The number of aliphatic hydroxyl groups excluding tert-OH is 1. The monoisotopic (exact) mass is 325 g/mol. The maximum atomic E-state index is 12.2. The van der Waals surface area contributed by atoms with Gasteiger partial charge in [-0.05, 0) is 26.3 Å². The van der Waals surface area contributed by atoms with Crippen molar-refractivity contribution in [3.63, 3.8) is 0 Å². The first-order valence-electron chi connectivity index (χ1n) is 7.39. The highest BCUT2D eigenvalue weighted by molar-refractivity contribution is 6.32. The van der Waals surface area contributed by atoms with Crippen molar-refractivity contribution in [3.8, 4) is 11.5 Å². The zero-order valence-electron chi connectivity index (χ0n) is 12.9. The highest BCUT2D eigenvalue weighted by Gasteiger charge is 2.47. The molecule has 2 heterocycles. The summed E-state index contributed by atoms with van der Waals surface area (Å²) in [4.78, 5) is 13.9. The van der Waals surface area contributed by atoms with E-state index in [4.69, 9.17) is 21.1 Å². The quantitative estimate of drug-likeness (QED) is 0.908. The number of likely N-dealkylation sites (tertiary alicyclic amines) is 1. The van der Waals surface area contributed by atoms with Crippen LogP contribution in [0.15, 0.2) is 12.1 Å². The van der Waals surface area contributed by atoms with Crippen molar-refractivity contribution >= 4 is 17.5 Å². The minimum absolute atomic E-state index is 0.0552. The molecule has 0 radical (unpaired) electrons. The lowest BCUT2D eigenvalue weighted by atomic mass is 9.85. The number of fused-ring (bicyclic) bond motifs is 1. The molecule has 1 aromatic carbocycles. The van der Waals surface area contributed by atoms with Gasteiger partial charge in [0.25, 0.3) is 0 Å². The first-order chi connectivity index (χ1) is 10.3. The van der Waals surface area contributed by atoms with E-state index in [1.807, 2.05) is 13.8 Å². The fourth-order valence-electron chi connectivity index (χ4n) is 3.22. The van der Waals surface area contributed by atoms with Crippen LogP contribution in [-0.4, -0.2) is 41.3 Å². The van der Waals surface area contributed by atoms with Crippen molar-refractivity contribution in [2.75, 3.05) is 13.7 Å². The molecule has 2 atom stereocenters. The highest BCUT2D eigenvalue weighted by Crippen LogP contribution is 2.47. The Morgan fingerprint density at radius 2 is 2.18 bits per heavy atom. The molecular formula is C16H20ClNO4. The van der Waals surface area contributed by atoms with Crippen LogP contribution in [-0.2, 0) is 4.79 Å². The van der Waals surface area contributed by atoms with E-state index in [1.165, 1.54) is 7.11 Å². The lowest BCUT2D eigenvalue weighted by Crippen LogP contribution is -2.53. The summed E-state index contributed by atoms with van der Waals surface area (Å²) in [5, 5.41) is 11.2. The maximum Gasteiger partial charge on any atom is 0.223 e. The van der Waals surface area contributed by atoms with Crippen molar-refractivity contribution in [2.24, 2.45) is 0 Å². The van der Waals surface area contributed by atoms with Crippen LogP contribution in [0.4, 0.5) is 0 Å². The summed E-state index contributed by atoms with van der Waals surface area (Å²) < 4.78 is 11.2. The van der Waals surface area contributed by atoms with Gasteiger partial charge in [0.2, 0.25) is 5.91 Å². The molecule has 1 saturated heterocycles. The van der Waals surface area contributed by atoms with Gasteiger partial charge in [0.1, 0.15) is 23.2 Å². The van der Waals surface area contributed by atoms with E-state index >= 15 is 0 Å². The van der Waals surface area contributed by atoms with Gasteiger partial charge in [-0.2, -0.15) is 0 Å². The number of methoxy groups -OCH3 is 1. The lowest BCUT2D eigenvalue weighted by Gasteiger charge is -2.45. The summed E-state index contributed by atoms with van der Waals surface area (Å²) in [7, 11) is 1.54. The molecule has 0 aromatic heterocycles. The molecular weight excluding hydrogens is 306 g/mol. The second kappa shape index (κ2) is 5.32. The predicted molar refractivity (Wildman–Crippen MR) is 82.4 cm³/mol. The molecule has 1 amide bonds. The third-order valence-electron chi connectivity index (χ3n) is 4.43. The van der Waals surface area contributed by atoms with Gasteiger partial charge in [-0.15, -0.1) is 0 Å². The number of hydrogen-bond acceptors (Lipinski definition) is 4. The summed E-state index contributed by atoms with van der Waals surface area (Å²) in [6, 6.07) is 3.00. The molecule has 5 nitrogen and oxygen atoms in total. The number of halogens is 1. The number of carbonyl (C=O) groups excluding carboxylic acids is 1. The van der Waals surface area contributed by atoms with Crippen LogP contribution in [0.5, 0.6) is 11.5 Å². The SMILES string of the molecule is COc1cc2c(cc1Cl)[C@H](N1CCCC1=O)[C@@H](O)C(C)(C)O2. The van der Waals surface area contributed by atoms with Gasteiger partial charge < -0.3 is 19.5 Å². The summed E-state index contributed by atoms with van der Waals surface area (Å²) in [6.45, 7) is 4.27. The molecule has 22 heavy (non-hydrogen) atoms. The normalized spacial score (nSPS) is 26.6. The van der Waals surface area contributed by atoms with Crippen LogP contribution in [0.2, 0.25) is 5.02 Å². The van der Waals surface area contributed by atoms with Crippen LogP contribution >= 0.6 is 11.6 Å². The number of rotatable bonds is 2. The standard InChI is InChI=1S/C16H20ClNO4/c1-16(2)15(20)14(18-6-4-5-13(18)19)9-7-10(17)12(21-3)8-11(9)22-16/h7-8,14-15,20H,4-6H2,1-3H3/t14-,15+/m0/s1. The zero-order valence-corrected chi connectivity index (χ0v) is 13.7. The molecule has 6 heteroatoms. The largest absolute Gasteiger partial charge is 0.495 e. The molecule has 0 unspecified atom stereocenters. The Labute approximate surface area is 134 Å². The van der Waals surface area contributed by atoms with Crippen molar-refractivity contribution < 1.29 is 19.4 Å². The summed E-state index contributed by atoms with van der Waals surface area (Å²) >= 11 is 6.22. The van der Waals surface area contributed by atoms with Gasteiger partial charge in [-0.25, -0.2) is 0 Å². The van der Waals surface area contributed by atoms with E-state index in [1.54, 1.807) is 17.0 Å². The minimum atomic E-state index is -0.827. The number of ether oxygens (including phenoxy) is 2. The van der Waals surface area contributed by atoms with E-state index < -0.39 is 17.7 Å². The molecule has 1 aromatic rings. The Kier molecular flexibility index (Phi) is 3.73. The summed E-state index contributed by atoms with van der Waals surface area (Å²) in [5.74, 6) is 1.17. The van der Waals surface area contributed by atoms with Crippen molar-refractivity contribution in [1.29, 1.82) is 0 Å².